The second-order valence-corrected chi connectivity index (χ2v) is 4.28. The van der Waals surface area contributed by atoms with Crippen LogP contribution >= 0.6 is 0 Å². The van der Waals surface area contributed by atoms with E-state index in [2.05, 4.69) is 5.48 Å². The van der Waals surface area contributed by atoms with Gasteiger partial charge in [0.2, 0.25) is 0 Å². The van der Waals surface area contributed by atoms with E-state index in [9.17, 15) is 18.0 Å². The van der Waals surface area contributed by atoms with Crippen LogP contribution in [-0.4, -0.2) is 5.91 Å². The van der Waals surface area contributed by atoms with Crippen LogP contribution in [0.4, 0.5) is 13.2 Å². The third kappa shape index (κ3) is 4.32. The van der Waals surface area contributed by atoms with Gasteiger partial charge in [-0.25, -0.2) is 5.48 Å². The van der Waals surface area contributed by atoms with E-state index in [1.165, 1.54) is 12.1 Å². The van der Waals surface area contributed by atoms with E-state index >= 15 is 0 Å². The summed E-state index contributed by atoms with van der Waals surface area (Å²) < 4.78 is 37.6. The zero-order valence-corrected chi connectivity index (χ0v) is 10.9. The van der Waals surface area contributed by atoms with E-state index < -0.39 is 17.6 Å². The average Bonchev–Trinajstić information content (AvgIpc) is 2.47. The Morgan fingerprint density at radius 2 is 1.76 bits per heavy atom. The third-order valence-corrected chi connectivity index (χ3v) is 2.70. The maximum absolute atomic E-state index is 12.5. The lowest BCUT2D eigenvalue weighted by molar-refractivity contribution is -0.137. The summed E-state index contributed by atoms with van der Waals surface area (Å²) in [6.45, 7) is 0.130. The quantitative estimate of drug-likeness (QED) is 0.876. The molecule has 1 amide bonds. The Balaban J connectivity index is 1.95. The monoisotopic (exact) mass is 295 g/mol. The highest BCUT2D eigenvalue weighted by atomic mass is 19.4. The number of halogens is 3. The summed E-state index contributed by atoms with van der Waals surface area (Å²) in [5.74, 6) is -0.725. The molecule has 0 spiro atoms. The van der Waals surface area contributed by atoms with Crippen LogP contribution in [0.25, 0.3) is 0 Å². The van der Waals surface area contributed by atoms with Crippen molar-refractivity contribution in [3.8, 4) is 0 Å². The molecule has 2 rings (SSSR count). The fourth-order valence-electron chi connectivity index (χ4n) is 1.65. The molecule has 6 heteroatoms. The standard InChI is InChI=1S/C15H12F3NO2/c16-15(17,18)13-8-4-7-12(9-13)14(20)19-21-10-11-5-2-1-3-6-11/h1-9H,10H2,(H,19,20). The van der Waals surface area contributed by atoms with Gasteiger partial charge < -0.3 is 0 Å². The molecule has 0 aliphatic heterocycles. The lowest BCUT2D eigenvalue weighted by atomic mass is 10.1. The van der Waals surface area contributed by atoms with Gasteiger partial charge in [-0.1, -0.05) is 36.4 Å². The smallest absolute Gasteiger partial charge is 0.269 e. The summed E-state index contributed by atoms with van der Waals surface area (Å²) in [7, 11) is 0. The molecule has 0 bridgehead atoms. The van der Waals surface area contributed by atoms with Crippen molar-refractivity contribution in [2.75, 3.05) is 0 Å². The number of amides is 1. The van der Waals surface area contributed by atoms with Crippen LogP contribution in [0.3, 0.4) is 0 Å². The number of carbonyl (C=O) groups excluding carboxylic acids is 1. The van der Waals surface area contributed by atoms with Crippen LogP contribution in [0.15, 0.2) is 54.6 Å². The molecule has 0 aliphatic carbocycles. The van der Waals surface area contributed by atoms with E-state index in [1.807, 2.05) is 18.2 Å². The summed E-state index contributed by atoms with van der Waals surface area (Å²) in [6, 6.07) is 13.2. The summed E-state index contributed by atoms with van der Waals surface area (Å²) in [5.41, 5.74) is 1.97. The fourth-order valence-corrected chi connectivity index (χ4v) is 1.65. The number of alkyl halides is 3. The average molecular weight is 295 g/mol. The predicted molar refractivity (Wildman–Crippen MR) is 70.1 cm³/mol. The molecule has 0 aliphatic rings. The predicted octanol–water partition coefficient (Wildman–Crippen LogP) is 3.57. The van der Waals surface area contributed by atoms with E-state index in [1.54, 1.807) is 12.1 Å². The van der Waals surface area contributed by atoms with Crippen molar-refractivity contribution in [2.45, 2.75) is 12.8 Å². The Kier molecular flexibility index (Phi) is 4.59. The van der Waals surface area contributed by atoms with Crippen LogP contribution in [0.1, 0.15) is 21.5 Å². The highest BCUT2D eigenvalue weighted by Gasteiger charge is 2.30. The topological polar surface area (TPSA) is 38.3 Å². The van der Waals surface area contributed by atoms with Crippen molar-refractivity contribution < 1.29 is 22.8 Å². The zero-order chi connectivity index (χ0) is 15.3. The number of rotatable bonds is 4. The van der Waals surface area contributed by atoms with E-state index in [4.69, 9.17) is 4.84 Å². The summed E-state index contributed by atoms with van der Waals surface area (Å²) in [5, 5.41) is 0. The first-order valence-corrected chi connectivity index (χ1v) is 6.10. The van der Waals surface area contributed by atoms with Gasteiger partial charge in [-0.05, 0) is 23.8 Å². The first kappa shape index (κ1) is 15.1. The molecule has 0 unspecified atom stereocenters. The molecule has 0 aromatic heterocycles. The molecule has 0 saturated heterocycles. The van der Waals surface area contributed by atoms with Gasteiger partial charge in [-0.2, -0.15) is 13.2 Å². The first-order valence-electron chi connectivity index (χ1n) is 6.10. The molecule has 0 radical (unpaired) electrons. The van der Waals surface area contributed by atoms with Gasteiger partial charge in [-0.15, -0.1) is 0 Å². The van der Waals surface area contributed by atoms with Crippen molar-refractivity contribution in [1.82, 2.24) is 5.48 Å². The summed E-state index contributed by atoms with van der Waals surface area (Å²) in [6.07, 6.45) is -4.48. The molecule has 0 heterocycles. The van der Waals surface area contributed by atoms with Gasteiger partial charge in [0.25, 0.3) is 5.91 Å². The van der Waals surface area contributed by atoms with Gasteiger partial charge in [0, 0.05) is 5.56 Å². The SMILES string of the molecule is O=C(NOCc1ccccc1)c1cccc(C(F)(F)F)c1. The van der Waals surface area contributed by atoms with Crippen molar-refractivity contribution >= 4 is 5.91 Å². The molecule has 2 aromatic carbocycles. The maximum Gasteiger partial charge on any atom is 0.416 e. The lowest BCUT2D eigenvalue weighted by Crippen LogP contribution is -2.24. The van der Waals surface area contributed by atoms with Gasteiger partial charge in [0.15, 0.2) is 0 Å². The minimum Gasteiger partial charge on any atom is -0.269 e. The molecule has 0 saturated carbocycles. The van der Waals surface area contributed by atoms with Crippen molar-refractivity contribution in [3.63, 3.8) is 0 Å². The highest BCUT2D eigenvalue weighted by molar-refractivity contribution is 5.93. The van der Waals surface area contributed by atoms with Crippen molar-refractivity contribution in [3.05, 3.63) is 71.3 Å². The molecule has 1 N–H and O–H groups in total. The van der Waals surface area contributed by atoms with Gasteiger partial charge in [0.1, 0.15) is 0 Å². The van der Waals surface area contributed by atoms with E-state index in [0.29, 0.717) is 0 Å². The van der Waals surface area contributed by atoms with Crippen molar-refractivity contribution in [1.29, 1.82) is 0 Å². The first-order chi connectivity index (χ1) is 9.97. The van der Waals surface area contributed by atoms with Gasteiger partial charge in [-0.3, -0.25) is 9.63 Å². The number of nitrogens with one attached hydrogen (secondary N) is 1. The summed E-state index contributed by atoms with van der Waals surface area (Å²) >= 11 is 0. The van der Waals surface area contributed by atoms with Gasteiger partial charge in [0.05, 0.1) is 12.2 Å². The van der Waals surface area contributed by atoms with E-state index in [-0.39, 0.29) is 12.2 Å². The maximum atomic E-state index is 12.5. The molecular formula is C15H12F3NO2. The number of benzene rings is 2. The number of hydrogen-bond acceptors (Lipinski definition) is 2. The molecule has 21 heavy (non-hydrogen) atoms. The normalized spacial score (nSPS) is 11.2. The summed E-state index contributed by atoms with van der Waals surface area (Å²) in [4.78, 5) is 16.7. The molecule has 0 atom stereocenters. The highest BCUT2D eigenvalue weighted by Crippen LogP contribution is 2.29. The lowest BCUT2D eigenvalue weighted by Gasteiger charge is -2.09. The molecule has 2 aromatic rings. The fraction of sp³-hybridized carbons (Fsp3) is 0.133. The minimum atomic E-state index is -4.48. The van der Waals surface area contributed by atoms with Crippen LogP contribution in [0.5, 0.6) is 0 Å². The Morgan fingerprint density at radius 3 is 2.43 bits per heavy atom. The van der Waals surface area contributed by atoms with Gasteiger partial charge >= 0.3 is 6.18 Å². The van der Waals surface area contributed by atoms with Crippen LogP contribution in [-0.2, 0) is 17.6 Å². The Labute approximate surface area is 119 Å². The van der Waals surface area contributed by atoms with Crippen molar-refractivity contribution in [2.24, 2.45) is 0 Å². The Bertz CT molecular complexity index is 612. The Hall–Kier alpha value is -2.34. The second kappa shape index (κ2) is 6.41. The van der Waals surface area contributed by atoms with E-state index in [0.717, 1.165) is 17.7 Å². The largest absolute Gasteiger partial charge is 0.416 e. The number of hydroxylamine groups is 1. The van der Waals surface area contributed by atoms with Crippen LogP contribution in [0, 0.1) is 0 Å². The third-order valence-electron chi connectivity index (χ3n) is 2.70. The molecule has 110 valence electrons. The zero-order valence-electron chi connectivity index (χ0n) is 10.9. The second-order valence-electron chi connectivity index (χ2n) is 4.28. The Morgan fingerprint density at radius 1 is 1.05 bits per heavy atom. The molecule has 0 fully saturated rings. The van der Waals surface area contributed by atoms with Crippen LogP contribution < -0.4 is 5.48 Å². The molecule has 3 nitrogen and oxygen atoms in total. The number of hydrogen-bond donors (Lipinski definition) is 1. The molecular weight excluding hydrogens is 283 g/mol. The minimum absolute atomic E-state index is 0.113. The number of carbonyl (C=O) groups is 1. The van der Waals surface area contributed by atoms with Crippen LogP contribution in [0.2, 0.25) is 0 Å².